The minimum atomic E-state index is -0.504. The van der Waals surface area contributed by atoms with Crippen LogP contribution >= 0.6 is 0 Å². The number of ether oxygens (including phenoxy) is 1. The van der Waals surface area contributed by atoms with Crippen molar-refractivity contribution in [1.29, 1.82) is 0 Å². The van der Waals surface area contributed by atoms with E-state index in [-0.39, 0.29) is 5.92 Å². The van der Waals surface area contributed by atoms with E-state index in [4.69, 9.17) is 4.74 Å². The number of hydrogen-bond acceptors (Lipinski definition) is 3. The number of aliphatic hydroxyl groups is 1. The summed E-state index contributed by atoms with van der Waals surface area (Å²) >= 11 is 0. The van der Waals surface area contributed by atoms with Crippen molar-refractivity contribution in [3.63, 3.8) is 0 Å². The summed E-state index contributed by atoms with van der Waals surface area (Å²) in [5.41, 5.74) is 4.83. The fraction of sp³-hybridized carbons (Fsp3) is 0.381. The zero-order valence-electron chi connectivity index (χ0n) is 14.8. The van der Waals surface area contributed by atoms with Crippen molar-refractivity contribution >= 4 is 6.09 Å². The van der Waals surface area contributed by atoms with Crippen molar-refractivity contribution in [1.82, 2.24) is 4.90 Å². The lowest BCUT2D eigenvalue weighted by molar-refractivity contribution is 0.0784. The second-order valence-corrected chi connectivity index (χ2v) is 6.63. The molecule has 0 bridgehead atoms. The zero-order valence-corrected chi connectivity index (χ0v) is 14.8. The van der Waals surface area contributed by atoms with E-state index in [1.807, 2.05) is 31.2 Å². The molecule has 4 nitrogen and oxygen atoms in total. The van der Waals surface area contributed by atoms with Gasteiger partial charge in [-0.3, -0.25) is 0 Å². The van der Waals surface area contributed by atoms with Crippen LogP contribution in [0.3, 0.4) is 0 Å². The van der Waals surface area contributed by atoms with Gasteiger partial charge in [-0.2, -0.15) is 0 Å². The van der Waals surface area contributed by atoms with Crippen molar-refractivity contribution in [3.8, 4) is 11.1 Å². The second-order valence-electron chi connectivity index (χ2n) is 6.63. The molecule has 0 aromatic heterocycles. The Morgan fingerprint density at radius 2 is 1.68 bits per heavy atom. The average Bonchev–Trinajstić information content (AvgIpc) is 2.94. The maximum Gasteiger partial charge on any atom is 0.409 e. The van der Waals surface area contributed by atoms with E-state index in [0.29, 0.717) is 19.6 Å². The van der Waals surface area contributed by atoms with E-state index in [0.717, 1.165) is 6.42 Å². The SMILES string of the molecule is CCCC(O)CN(C)C(=O)OCC1c2ccccc2-c2ccccc21. The number of benzene rings is 2. The lowest BCUT2D eigenvalue weighted by Crippen LogP contribution is -2.35. The van der Waals surface area contributed by atoms with Crippen LogP contribution in [0.2, 0.25) is 0 Å². The second kappa shape index (κ2) is 7.70. The largest absolute Gasteiger partial charge is 0.448 e. The Labute approximate surface area is 149 Å². The fourth-order valence-electron chi connectivity index (χ4n) is 3.52. The van der Waals surface area contributed by atoms with Crippen LogP contribution in [0.1, 0.15) is 36.8 Å². The highest BCUT2D eigenvalue weighted by Gasteiger charge is 2.29. The van der Waals surface area contributed by atoms with Gasteiger partial charge in [-0.1, -0.05) is 61.9 Å². The van der Waals surface area contributed by atoms with Gasteiger partial charge in [0, 0.05) is 19.5 Å². The van der Waals surface area contributed by atoms with Gasteiger partial charge >= 0.3 is 6.09 Å². The van der Waals surface area contributed by atoms with Gasteiger partial charge in [-0.05, 0) is 28.7 Å². The minimum absolute atomic E-state index is 0.0605. The molecular weight excluding hydrogens is 314 g/mol. The van der Waals surface area contributed by atoms with Crippen LogP contribution in [-0.4, -0.2) is 42.4 Å². The molecule has 0 saturated carbocycles. The molecule has 0 fully saturated rings. The number of carbonyl (C=O) groups is 1. The fourth-order valence-corrected chi connectivity index (χ4v) is 3.52. The molecule has 2 aromatic rings. The summed E-state index contributed by atoms with van der Waals surface area (Å²) in [6.07, 6.45) is 0.674. The van der Waals surface area contributed by atoms with Gasteiger partial charge in [0.15, 0.2) is 0 Å². The highest BCUT2D eigenvalue weighted by Crippen LogP contribution is 2.44. The standard InChI is InChI=1S/C21H25NO3/c1-3-8-15(23)13-22(2)21(24)25-14-20-18-11-6-4-9-16(18)17-10-5-7-12-19(17)20/h4-7,9-12,15,20,23H,3,8,13-14H2,1-2H3. The highest BCUT2D eigenvalue weighted by atomic mass is 16.6. The van der Waals surface area contributed by atoms with Crippen LogP contribution in [0.15, 0.2) is 48.5 Å². The summed E-state index contributed by atoms with van der Waals surface area (Å²) in [4.78, 5) is 13.7. The molecule has 1 unspecified atom stereocenters. The predicted octanol–water partition coefficient (Wildman–Crippen LogP) is 4.03. The number of nitrogens with zero attached hydrogens (tertiary/aromatic N) is 1. The smallest absolute Gasteiger partial charge is 0.409 e. The Morgan fingerprint density at radius 1 is 1.12 bits per heavy atom. The maximum atomic E-state index is 12.3. The zero-order chi connectivity index (χ0) is 17.8. The van der Waals surface area contributed by atoms with E-state index in [2.05, 4.69) is 24.3 Å². The van der Waals surface area contributed by atoms with Gasteiger partial charge in [0.2, 0.25) is 0 Å². The molecule has 1 N–H and O–H groups in total. The highest BCUT2D eigenvalue weighted by molar-refractivity contribution is 5.79. The lowest BCUT2D eigenvalue weighted by Gasteiger charge is -2.21. The maximum absolute atomic E-state index is 12.3. The van der Waals surface area contributed by atoms with E-state index in [1.54, 1.807) is 7.05 Å². The molecule has 1 amide bonds. The Kier molecular flexibility index (Phi) is 5.39. The van der Waals surface area contributed by atoms with Crippen LogP contribution in [0.4, 0.5) is 4.79 Å². The average molecular weight is 339 g/mol. The summed E-state index contributed by atoms with van der Waals surface area (Å²) < 4.78 is 5.56. The molecule has 132 valence electrons. The quantitative estimate of drug-likeness (QED) is 0.864. The number of carbonyl (C=O) groups excluding carboxylic acids is 1. The van der Waals surface area contributed by atoms with Crippen LogP contribution in [-0.2, 0) is 4.74 Å². The number of rotatable bonds is 6. The third-order valence-corrected chi connectivity index (χ3v) is 4.75. The molecule has 0 aliphatic heterocycles. The van der Waals surface area contributed by atoms with Crippen molar-refractivity contribution < 1.29 is 14.6 Å². The first kappa shape index (κ1) is 17.5. The molecule has 25 heavy (non-hydrogen) atoms. The number of amides is 1. The number of fused-ring (bicyclic) bond motifs is 3. The molecule has 3 rings (SSSR count). The van der Waals surface area contributed by atoms with Gasteiger partial charge in [-0.25, -0.2) is 4.79 Å². The van der Waals surface area contributed by atoms with Gasteiger partial charge in [-0.15, -0.1) is 0 Å². The third-order valence-electron chi connectivity index (χ3n) is 4.75. The van der Waals surface area contributed by atoms with E-state index in [1.165, 1.54) is 27.2 Å². The molecule has 2 aromatic carbocycles. The first-order chi connectivity index (χ1) is 12.1. The molecule has 0 saturated heterocycles. The predicted molar refractivity (Wildman–Crippen MR) is 98.6 cm³/mol. The van der Waals surface area contributed by atoms with Gasteiger partial charge in [0.25, 0.3) is 0 Å². The van der Waals surface area contributed by atoms with E-state index >= 15 is 0 Å². The van der Waals surface area contributed by atoms with Gasteiger partial charge in [0.05, 0.1) is 6.10 Å². The lowest BCUT2D eigenvalue weighted by atomic mass is 9.98. The minimum Gasteiger partial charge on any atom is -0.448 e. The molecular formula is C21H25NO3. The monoisotopic (exact) mass is 339 g/mol. The Bertz CT molecular complexity index is 698. The molecule has 0 spiro atoms. The van der Waals surface area contributed by atoms with Crippen molar-refractivity contribution in [2.45, 2.75) is 31.8 Å². The summed E-state index contributed by atoms with van der Waals surface area (Å²) in [7, 11) is 1.66. The molecule has 0 radical (unpaired) electrons. The van der Waals surface area contributed by atoms with Gasteiger partial charge < -0.3 is 14.7 Å². The van der Waals surface area contributed by atoms with E-state index in [9.17, 15) is 9.90 Å². The normalized spacial score (nSPS) is 13.9. The first-order valence-electron chi connectivity index (χ1n) is 8.86. The molecule has 1 atom stereocenters. The van der Waals surface area contributed by atoms with Gasteiger partial charge in [0.1, 0.15) is 6.61 Å². The summed E-state index contributed by atoms with van der Waals surface area (Å²) in [5.74, 6) is 0.0605. The Morgan fingerprint density at radius 3 is 2.24 bits per heavy atom. The molecule has 4 heteroatoms. The number of aliphatic hydroxyl groups excluding tert-OH is 1. The van der Waals surface area contributed by atoms with E-state index < -0.39 is 12.2 Å². The van der Waals surface area contributed by atoms with Crippen LogP contribution in [0.5, 0.6) is 0 Å². The number of likely N-dealkylation sites (N-methyl/N-ethyl adjacent to an activating group) is 1. The van der Waals surface area contributed by atoms with Crippen molar-refractivity contribution in [2.24, 2.45) is 0 Å². The van der Waals surface area contributed by atoms with Crippen LogP contribution in [0.25, 0.3) is 11.1 Å². The molecule has 1 aliphatic carbocycles. The summed E-state index contributed by atoms with van der Waals surface area (Å²) in [5, 5.41) is 9.86. The van der Waals surface area contributed by atoms with Crippen LogP contribution < -0.4 is 0 Å². The first-order valence-corrected chi connectivity index (χ1v) is 8.86. The Balaban J connectivity index is 1.68. The van der Waals surface area contributed by atoms with Crippen molar-refractivity contribution in [3.05, 3.63) is 59.7 Å². The number of hydrogen-bond donors (Lipinski definition) is 1. The summed E-state index contributed by atoms with van der Waals surface area (Å²) in [6.45, 7) is 2.61. The molecule has 1 aliphatic rings. The van der Waals surface area contributed by atoms with Crippen LogP contribution in [0, 0.1) is 0 Å². The summed E-state index contributed by atoms with van der Waals surface area (Å²) in [6, 6.07) is 16.5. The molecule has 0 heterocycles. The third kappa shape index (κ3) is 3.69. The topological polar surface area (TPSA) is 49.8 Å². The van der Waals surface area contributed by atoms with Crippen molar-refractivity contribution in [2.75, 3.05) is 20.2 Å². The Hall–Kier alpha value is -2.33.